The van der Waals surface area contributed by atoms with Crippen molar-refractivity contribution in [2.45, 2.75) is 20.3 Å². The Morgan fingerprint density at radius 3 is 2.75 bits per heavy atom. The fourth-order valence-electron chi connectivity index (χ4n) is 1.24. The lowest BCUT2D eigenvalue weighted by Crippen LogP contribution is -1.93. The SMILES string of the molecule is CC(C)Cc1cccc(C#N)c1. The molecule has 0 saturated carbocycles. The van der Waals surface area contributed by atoms with Gasteiger partial charge in [0.15, 0.2) is 0 Å². The van der Waals surface area contributed by atoms with Gasteiger partial charge in [-0.1, -0.05) is 26.0 Å². The van der Waals surface area contributed by atoms with Crippen LogP contribution < -0.4 is 0 Å². The molecule has 0 saturated heterocycles. The molecule has 0 aliphatic rings. The van der Waals surface area contributed by atoms with Crippen molar-refractivity contribution < 1.29 is 0 Å². The van der Waals surface area contributed by atoms with E-state index in [1.54, 1.807) is 0 Å². The molecule has 0 aliphatic heterocycles. The molecule has 62 valence electrons. The molecule has 1 aromatic carbocycles. The minimum absolute atomic E-state index is 0.652. The van der Waals surface area contributed by atoms with Crippen LogP contribution in [-0.2, 0) is 6.42 Å². The van der Waals surface area contributed by atoms with Crippen LogP contribution >= 0.6 is 0 Å². The highest BCUT2D eigenvalue weighted by Gasteiger charge is 1.97. The van der Waals surface area contributed by atoms with E-state index >= 15 is 0 Å². The van der Waals surface area contributed by atoms with E-state index in [9.17, 15) is 0 Å². The number of hydrogen-bond donors (Lipinski definition) is 0. The van der Waals surface area contributed by atoms with Gasteiger partial charge in [-0.3, -0.25) is 0 Å². The van der Waals surface area contributed by atoms with Crippen molar-refractivity contribution in [3.8, 4) is 6.07 Å². The maximum atomic E-state index is 8.65. The van der Waals surface area contributed by atoms with E-state index in [0.29, 0.717) is 5.92 Å². The molecule has 0 amide bonds. The molecule has 1 rings (SSSR count). The lowest BCUT2D eigenvalue weighted by atomic mass is 10.0. The zero-order valence-electron chi connectivity index (χ0n) is 7.54. The van der Waals surface area contributed by atoms with Gasteiger partial charge in [0.05, 0.1) is 11.6 Å². The number of rotatable bonds is 2. The lowest BCUT2D eigenvalue weighted by molar-refractivity contribution is 0.647. The summed E-state index contributed by atoms with van der Waals surface area (Å²) in [5.41, 5.74) is 2.01. The predicted molar refractivity (Wildman–Crippen MR) is 49.7 cm³/mol. The van der Waals surface area contributed by atoms with Crippen molar-refractivity contribution in [1.82, 2.24) is 0 Å². The van der Waals surface area contributed by atoms with Crippen LogP contribution in [0.1, 0.15) is 25.0 Å². The molecule has 0 aliphatic carbocycles. The Hall–Kier alpha value is -1.29. The first-order chi connectivity index (χ1) is 5.72. The van der Waals surface area contributed by atoms with Crippen molar-refractivity contribution in [3.63, 3.8) is 0 Å². The Bertz CT molecular complexity index is 294. The van der Waals surface area contributed by atoms with Crippen molar-refractivity contribution in [2.24, 2.45) is 5.92 Å². The van der Waals surface area contributed by atoms with Gasteiger partial charge in [0.2, 0.25) is 0 Å². The van der Waals surface area contributed by atoms with E-state index in [1.165, 1.54) is 5.56 Å². The molecular formula is C11H13N. The highest BCUT2D eigenvalue weighted by molar-refractivity contribution is 5.32. The van der Waals surface area contributed by atoms with Crippen molar-refractivity contribution >= 4 is 0 Å². The molecule has 0 spiro atoms. The van der Waals surface area contributed by atoms with Gasteiger partial charge in [0, 0.05) is 0 Å². The third-order valence-electron chi connectivity index (χ3n) is 1.70. The quantitative estimate of drug-likeness (QED) is 0.651. The molecule has 0 aromatic heterocycles. The zero-order valence-corrected chi connectivity index (χ0v) is 7.54. The Kier molecular flexibility index (Phi) is 2.88. The summed E-state index contributed by atoms with van der Waals surface area (Å²) in [7, 11) is 0. The average Bonchev–Trinajstić information content (AvgIpc) is 2.03. The monoisotopic (exact) mass is 159 g/mol. The molecule has 12 heavy (non-hydrogen) atoms. The van der Waals surface area contributed by atoms with Gasteiger partial charge in [0.25, 0.3) is 0 Å². The summed E-state index contributed by atoms with van der Waals surface area (Å²) in [6.07, 6.45) is 1.05. The zero-order chi connectivity index (χ0) is 8.97. The van der Waals surface area contributed by atoms with Crippen molar-refractivity contribution in [3.05, 3.63) is 35.4 Å². The summed E-state index contributed by atoms with van der Waals surface area (Å²) >= 11 is 0. The topological polar surface area (TPSA) is 23.8 Å². The van der Waals surface area contributed by atoms with Gasteiger partial charge in [-0.2, -0.15) is 5.26 Å². The Balaban J connectivity index is 2.81. The van der Waals surface area contributed by atoms with E-state index in [1.807, 2.05) is 18.2 Å². The third-order valence-corrected chi connectivity index (χ3v) is 1.70. The smallest absolute Gasteiger partial charge is 0.0991 e. The number of benzene rings is 1. The van der Waals surface area contributed by atoms with Gasteiger partial charge in [-0.15, -0.1) is 0 Å². The summed E-state index contributed by atoms with van der Waals surface area (Å²) in [6.45, 7) is 4.36. The molecule has 0 fully saturated rings. The van der Waals surface area contributed by atoms with Crippen LogP contribution in [0.4, 0.5) is 0 Å². The summed E-state index contributed by atoms with van der Waals surface area (Å²) < 4.78 is 0. The second kappa shape index (κ2) is 3.92. The molecule has 1 heteroatoms. The number of nitrogens with zero attached hydrogens (tertiary/aromatic N) is 1. The highest BCUT2D eigenvalue weighted by atomic mass is 14.2. The van der Waals surface area contributed by atoms with Crippen LogP contribution in [0.15, 0.2) is 24.3 Å². The van der Waals surface area contributed by atoms with Crippen LogP contribution in [0.25, 0.3) is 0 Å². The minimum atomic E-state index is 0.652. The predicted octanol–water partition coefficient (Wildman–Crippen LogP) is 2.76. The fourth-order valence-corrected chi connectivity index (χ4v) is 1.24. The Morgan fingerprint density at radius 1 is 1.42 bits per heavy atom. The molecule has 1 aromatic rings. The van der Waals surface area contributed by atoms with E-state index in [0.717, 1.165) is 12.0 Å². The second-order valence-corrected chi connectivity index (χ2v) is 3.41. The van der Waals surface area contributed by atoms with E-state index in [4.69, 9.17) is 5.26 Å². The first-order valence-electron chi connectivity index (χ1n) is 4.21. The van der Waals surface area contributed by atoms with Crippen LogP contribution in [0.5, 0.6) is 0 Å². The largest absolute Gasteiger partial charge is 0.192 e. The summed E-state index contributed by atoms with van der Waals surface area (Å²) in [5, 5.41) is 8.65. The molecule has 0 atom stereocenters. The first-order valence-corrected chi connectivity index (χ1v) is 4.21. The van der Waals surface area contributed by atoms with E-state index in [2.05, 4.69) is 26.0 Å². The van der Waals surface area contributed by atoms with Gasteiger partial charge >= 0.3 is 0 Å². The Morgan fingerprint density at radius 2 is 2.17 bits per heavy atom. The first kappa shape index (κ1) is 8.80. The highest BCUT2D eigenvalue weighted by Crippen LogP contribution is 2.09. The molecule has 0 radical (unpaired) electrons. The van der Waals surface area contributed by atoms with Crippen LogP contribution in [0.2, 0.25) is 0 Å². The molecule has 1 nitrogen and oxygen atoms in total. The molecule has 0 N–H and O–H groups in total. The van der Waals surface area contributed by atoms with Gasteiger partial charge < -0.3 is 0 Å². The van der Waals surface area contributed by atoms with Crippen LogP contribution in [-0.4, -0.2) is 0 Å². The minimum Gasteiger partial charge on any atom is -0.192 e. The maximum Gasteiger partial charge on any atom is 0.0991 e. The second-order valence-electron chi connectivity index (χ2n) is 3.41. The maximum absolute atomic E-state index is 8.65. The van der Waals surface area contributed by atoms with Gasteiger partial charge in [-0.25, -0.2) is 0 Å². The summed E-state index contributed by atoms with van der Waals surface area (Å²) in [6, 6.07) is 9.95. The lowest BCUT2D eigenvalue weighted by Gasteiger charge is -2.03. The number of hydrogen-bond acceptors (Lipinski definition) is 1. The molecule has 0 unspecified atom stereocenters. The normalized spacial score (nSPS) is 9.83. The average molecular weight is 159 g/mol. The van der Waals surface area contributed by atoms with E-state index < -0.39 is 0 Å². The molecule has 0 bridgehead atoms. The summed E-state index contributed by atoms with van der Waals surface area (Å²) in [4.78, 5) is 0. The Labute approximate surface area is 73.6 Å². The molecule has 0 heterocycles. The fraction of sp³-hybridized carbons (Fsp3) is 0.364. The van der Waals surface area contributed by atoms with E-state index in [-0.39, 0.29) is 0 Å². The third kappa shape index (κ3) is 2.39. The molecular weight excluding hydrogens is 146 g/mol. The van der Waals surface area contributed by atoms with Gasteiger partial charge in [0.1, 0.15) is 0 Å². The summed E-state index contributed by atoms with van der Waals surface area (Å²) in [5.74, 6) is 0.652. The van der Waals surface area contributed by atoms with Gasteiger partial charge in [-0.05, 0) is 30.0 Å². The number of nitriles is 1. The van der Waals surface area contributed by atoms with Crippen molar-refractivity contribution in [1.29, 1.82) is 5.26 Å². The van der Waals surface area contributed by atoms with Crippen molar-refractivity contribution in [2.75, 3.05) is 0 Å². The standard InChI is InChI=1S/C11H13N/c1-9(2)6-10-4-3-5-11(7-10)8-12/h3-5,7,9H,6H2,1-2H3. The van der Waals surface area contributed by atoms with Crippen LogP contribution in [0.3, 0.4) is 0 Å². The van der Waals surface area contributed by atoms with Crippen LogP contribution in [0, 0.1) is 17.2 Å².